The van der Waals surface area contributed by atoms with Crippen LogP contribution in [0.3, 0.4) is 0 Å². The zero-order valence-corrected chi connectivity index (χ0v) is 11.5. The van der Waals surface area contributed by atoms with E-state index in [0.29, 0.717) is 0 Å². The Morgan fingerprint density at radius 2 is 1.80 bits per heavy atom. The van der Waals surface area contributed by atoms with Crippen molar-refractivity contribution in [2.45, 2.75) is 45.2 Å². The second kappa shape index (κ2) is 7.50. The van der Waals surface area contributed by atoms with Crippen LogP contribution in [0.25, 0.3) is 0 Å². The Kier molecular flexibility index (Phi) is 6.29. The molecule has 4 nitrogen and oxygen atoms in total. The van der Waals surface area contributed by atoms with Crippen molar-refractivity contribution in [1.82, 2.24) is 5.32 Å². The van der Waals surface area contributed by atoms with Crippen LogP contribution in [0.5, 0.6) is 0 Å². The molecule has 0 atom stereocenters. The molecule has 0 aromatic heterocycles. The standard InChI is InChI=1S/C13H20F3NO3/c1-2-20-11(18)7-8-17-12(19)9-3-5-10(6-4-9)13(14,15)16/h9-10H,2-8H2,1H3,(H,17,19). The molecule has 0 unspecified atom stereocenters. The Hall–Kier alpha value is -1.27. The number of esters is 1. The molecule has 7 heteroatoms. The number of amides is 1. The van der Waals surface area contributed by atoms with Crippen molar-refractivity contribution in [1.29, 1.82) is 0 Å². The SMILES string of the molecule is CCOC(=O)CCNC(=O)C1CCC(C(F)(F)F)CC1. The molecule has 20 heavy (non-hydrogen) atoms. The molecule has 0 heterocycles. The zero-order valence-electron chi connectivity index (χ0n) is 11.5. The number of ether oxygens (including phenoxy) is 1. The molecule has 1 saturated carbocycles. The first-order chi connectivity index (χ1) is 9.34. The molecule has 1 aliphatic rings. The normalized spacial score (nSPS) is 23.2. The summed E-state index contributed by atoms with van der Waals surface area (Å²) in [4.78, 5) is 22.8. The van der Waals surface area contributed by atoms with E-state index in [1.807, 2.05) is 0 Å². The maximum absolute atomic E-state index is 12.5. The first kappa shape index (κ1) is 16.8. The number of alkyl halides is 3. The van der Waals surface area contributed by atoms with E-state index in [-0.39, 0.29) is 57.1 Å². The maximum atomic E-state index is 12.5. The number of halogens is 3. The van der Waals surface area contributed by atoms with Gasteiger partial charge < -0.3 is 10.1 Å². The minimum absolute atomic E-state index is 0.000533. The largest absolute Gasteiger partial charge is 0.466 e. The van der Waals surface area contributed by atoms with Crippen molar-refractivity contribution in [3.8, 4) is 0 Å². The highest BCUT2D eigenvalue weighted by atomic mass is 19.4. The van der Waals surface area contributed by atoms with Gasteiger partial charge in [-0.1, -0.05) is 0 Å². The lowest BCUT2D eigenvalue weighted by Gasteiger charge is -2.29. The first-order valence-electron chi connectivity index (χ1n) is 6.84. The molecule has 0 aromatic rings. The summed E-state index contributed by atoms with van der Waals surface area (Å²) in [6.45, 7) is 2.14. The average Bonchev–Trinajstić information content (AvgIpc) is 2.38. The number of carbonyl (C=O) groups excluding carboxylic acids is 2. The Morgan fingerprint density at radius 1 is 1.20 bits per heavy atom. The van der Waals surface area contributed by atoms with Crippen molar-refractivity contribution in [3.63, 3.8) is 0 Å². The van der Waals surface area contributed by atoms with Gasteiger partial charge in [0.05, 0.1) is 18.9 Å². The summed E-state index contributed by atoms with van der Waals surface area (Å²) < 4.78 is 42.2. The second-order valence-corrected chi connectivity index (χ2v) is 4.94. The molecule has 0 spiro atoms. The van der Waals surface area contributed by atoms with Gasteiger partial charge in [0.1, 0.15) is 0 Å². The number of carbonyl (C=O) groups is 2. The fourth-order valence-electron chi connectivity index (χ4n) is 2.35. The lowest BCUT2D eigenvalue weighted by molar-refractivity contribution is -0.184. The molecule has 1 fully saturated rings. The van der Waals surface area contributed by atoms with Gasteiger partial charge in [0.2, 0.25) is 5.91 Å². The van der Waals surface area contributed by atoms with Crippen LogP contribution < -0.4 is 5.32 Å². The van der Waals surface area contributed by atoms with E-state index in [1.165, 1.54) is 0 Å². The van der Waals surface area contributed by atoms with Crippen LogP contribution in [0.15, 0.2) is 0 Å². The van der Waals surface area contributed by atoms with Crippen LogP contribution in [0, 0.1) is 11.8 Å². The topological polar surface area (TPSA) is 55.4 Å². The van der Waals surface area contributed by atoms with E-state index >= 15 is 0 Å². The Bertz CT molecular complexity index is 336. The summed E-state index contributed by atoms with van der Waals surface area (Å²) in [6.07, 6.45) is -3.59. The van der Waals surface area contributed by atoms with E-state index in [9.17, 15) is 22.8 Å². The second-order valence-electron chi connectivity index (χ2n) is 4.94. The third-order valence-corrected chi connectivity index (χ3v) is 3.49. The van der Waals surface area contributed by atoms with E-state index in [1.54, 1.807) is 6.92 Å². The molecule has 0 bridgehead atoms. The highest BCUT2D eigenvalue weighted by Gasteiger charge is 2.42. The zero-order chi connectivity index (χ0) is 15.2. The predicted octanol–water partition coefficient (Wildman–Crippen LogP) is 2.42. The highest BCUT2D eigenvalue weighted by molar-refractivity contribution is 5.79. The third kappa shape index (κ3) is 5.38. The van der Waals surface area contributed by atoms with Gasteiger partial charge in [-0.2, -0.15) is 13.2 Å². The van der Waals surface area contributed by atoms with Crippen LogP contribution in [0.1, 0.15) is 39.0 Å². The van der Waals surface area contributed by atoms with Gasteiger partial charge in [-0.3, -0.25) is 9.59 Å². The Labute approximate surface area is 116 Å². The van der Waals surface area contributed by atoms with E-state index in [0.717, 1.165) is 0 Å². The van der Waals surface area contributed by atoms with Crippen molar-refractivity contribution in [3.05, 3.63) is 0 Å². The van der Waals surface area contributed by atoms with Crippen LogP contribution in [0.2, 0.25) is 0 Å². The van der Waals surface area contributed by atoms with Crippen molar-refractivity contribution in [2.24, 2.45) is 11.8 Å². The maximum Gasteiger partial charge on any atom is 0.391 e. The van der Waals surface area contributed by atoms with E-state index in [2.05, 4.69) is 5.32 Å². The average molecular weight is 295 g/mol. The molecule has 1 amide bonds. The summed E-state index contributed by atoms with van der Waals surface area (Å²) in [5.74, 6) is -2.33. The summed E-state index contributed by atoms with van der Waals surface area (Å²) in [6, 6.07) is 0. The van der Waals surface area contributed by atoms with Gasteiger partial charge in [0.25, 0.3) is 0 Å². The molecule has 0 aromatic carbocycles. The van der Waals surface area contributed by atoms with Crippen molar-refractivity contribution in [2.75, 3.05) is 13.2 Å². The van der Waals surface area contributed by atoms with Gasteiger partial charge >= 0.3 is 12.1 Å². The number of hydrogen-bond donors (Lipinski definition) is 1. The fourth-order valence-corrected chi connectivity index (χ4v) is 2.35. The van der Waals surface area contributed by atoms with E-state index in [4.69, 9.17) is 4.74 Å². The number of rotatable bonds is 5. The molecule has 1 rings (SSSR count). The minimum atomic E-state index is -4.16. The van der Waals surface area contributed by atoms with Crippen LogP contribution in [0.4, 0.5) is 13.2 Å². The quantitative estimate of drug-likeness (QED) is 0.793. The summed E-state index contributed by atoms with van der Waals surface area (Å²) in [5.41, 5.74) is 0. The number of nitrogens with one attached hydrogen (secondary N) is 1. The van der Waals surface area contributed by atoms with Gasteiger partial charge in [0, 0.05) is 12.5 Å². The lowest BCUT2D eigenvalue weighted by Crippen LogP contribution is -2.36. The summed E-state index contributed by atoms with van der Waals surface area (Å²) in [5, 5.41) is 2.57. The minimum Gasteiger partial charge on any atom is -0.466 e. The molecule has 0 radical (unpaired) electrons. The van der Waals surface area contributed by atoms with E-state index < -0.39 is 18.1 Å². The van der Waals surface area contributed by atoms with Gasteiger partial charge in [-0.15, -0.1) is 0 Å². The van der Waals surface area contributed by atoms with Crippen molar-refractivity contribution >= 4 is 11.9 Å². The molecule has 0 aliphatic heterocycles. The summed E-state index contributed by atoms with van der Waals surface area (Å²) >= 11 is 0. The van der Waals surface area contributed by atoms with Crippen LogP contribution in [-0.4, -0.2) is 31.2 Å². The predicted molar refractivity (Wildman–Crippen MR) is 65.8 cm³/mol. The molecular weight excluding hydrogens is 275 g/mol. The van der Waals surface area contributed by atoms with Crippen molar-refractivity contribution < 1.29 is 27.5 Å². The smallest absolute Gasteiger partial charge is 0.391 e. The van der Waals surface area contributed by atoms with Crippen LogP contribution in [-0.2, 0) is 14.3 Å². The summed E-state index contributed by atoms with van der Waals surface area (Å²) in [7, 11) is 0. The van der Waals surface area contributed by atoms with Gasteiger partial charge in [-0.25, -0.2) is 0 Å². The molecular formula is C13H20F3NO3. The Balaban J connectivity index is 2.24. The fraction of sp³-hybridized carbons (Fsp3) is 0.846. The van der Waals surface area contributed by atoms with Gasteiger partial charge in [-0.05, 0) is 32.6 Å². The van der Waals surface area contributed by atoms with Crippen LogP contribution >= 0.6 is 0 Å². The Morgan fingerprint density at radius 3 is 2.30 bits per heavy atom. The molecule has 1 N–H and O–H groups in total. The third-order valence-electron chi connectivity index (χ3n) is 3.49. The first-order valence-corrected chi connectivity index (χ1v) is 6.84. The lowest BCUT2D eigenvalue weighted by atomic mass is 9.81. The molecule has 1 aliphatic carbocycles. The molecule has 0 saturated heterocycles. The monoisotopic (exact) mass is 295 g/mol. The molecule has 116 valence electrons. The number of hydrogen-bond acceptors (Lipinski definition) is 3. The highest BCUT2D eigenvalue weighted by Crippen LogP contribution is 2.39. The van der Waals surface area contributed by atoms with Gasteiger partial charge in [0.15, 0.2) is 0 Å².